The third-order valence-corrected chi connectivity index (χ3v) is 2.85. The average molecular weight is 208 g/mol. The molecule has 82 valence electrons. The third kappa shape index (κ3) is 1.66. The zero-order valence-corrected chi connectivity index (χ0v) is 8.97. The largest absolute Gasteiger partial charge is 0.497 e. The van der Waals surface area contributed by atoms with Gasteiger partial charge in [0.05, 0.1) is 19.3 Å². The molecule has 0 spiro atoms. The van der Waals surface area contributed by atoms with Crippen molar-refractivity contribution < 1.29 is 9.84 Å². The Morgan fingerprint density at radius 1 is 1.53 bits per heavy atom. The van der Waals surface area contributed by atoms with Gasteiger partial charge in [-0.05, 0) is 18.2 Å². The highest BCUT2D eigenvalue weighted by molar-refractivity contribution is 5.59. The van der Waals surface area contributed by atoms with Crippen LogP contribution >= 0.6 is 0 Å². The van der Waals surface area contributed by atoms with Gasteiger partial charge in [-0.3, -0.25) is 0 Å². The van der Waals surface area contributed by atoms with Crippen molar-refractivity contribution in [3.8, 4) is 5.75 Å². The molecule has 1 heterocycles. The van der Waals surface area contributed by atoms with E-state index in [4.69, 9.17) is 10.5 Å². The molecular formula is C11H16N2O2. The van der Waals surface area contributed by atoms with E-state index in [1.807, 2.05) is 30.1 Å². The first-order chi connectivity index (χ1) is 7.13. The predicted molar refractivity (Wildman–Crippen MR) is 59.2 cm³/mol. The Morgan fingerprint density at radius 3 is 2.93 bits per heavy atom. The summed E-state index contributed by atoms with van der Waals surface area (Å²) in [5.41, 5.74) is 7.70. The highest BCUT2D eigenvalue weighted by atomic mass is 16.5. The molecule has 4 heteroatoms. The Morgan fingerprint density at radius 2 is 2.27 bits per heavy atom. The number of rotatable bonds is 1. The minimum atomic E-state index is -0.605. The molecule has 1 aromatic rings. The second-order valence-corrected chi connectivity index (χ2v) is 3.91. The highest BCUT2D eigenvalue weighted by Gasteiger charge is 2.28. The fourth-order valence-electron chi connectivity index (χ4n) is 1.99. The highest BCUT2D eigenvalue weighted by Crippen LogP contribution is 2.34. The summed E-state index contributed by atoms with van der Waals surface area (Å²) in [7, 11) is 3.58. The molecule has 15 heavy (non-hydrogen) atoms. The number of benzene rings is 1. The molecule has 0 amide bonds. The summed E-state index contributed by atoms with van der Waals surface area (Å²) in [4.78, 5) is 2.05. The van der Waals surface area contributed by atoms with E-state index < -0.39 is 6.10 Å². The molecule has 0 aliphatic carbocycles. The lowest BCUT2D eigenvalue weighted by molar-refractivity contribution is 0.143. The first-order valence-electron chi connectivity index (χ1n) is 4.96. The zero-order chi connectivity index (χ0) is 11.0. The second kappa shape index (κ2) is 3.72. The fourth-order valence-corrected chi connectivity index (χ4v) is 1.99. The van der Waals surface area contributed by atoms with Crippen LogP contribution in [0.1, 0.15) is 11.7 Å². The van der Waals surface area contributed by atoms with Gasteiger partial charge in [-0.25, -0.2) is 0 Å². The number of aliphatic hydroxyl groups excluding tert-OH is 1. The topological polar surface area (TPSA) is 58.7 Å². The number of likely N-dealkylation sites (N-methyl/N-ethyl adjacent to an activating group) is 1. The van der Waals surface area contributed by atoms with E-state index in [-0.39, 0.29) is 6.04 Å². The van der Waals surface area contributed by atoms with Gasteiger partial charge in [0.1, 0.15) is 5.75 Å². The van der Waals surface area contributed by atoms with Crippen LogP contribution in [0.2, 0.25) is 0 Å². The number of methoxy groups -OCH3 is 1. The van der Waals surface area contributed by atoms with E-state index >= 15 is 0 Å². The van der Waals surface area contributed by atoms with E-state index in [2.05, 4.69) is 0 Å². The van der Waals surface area contributed by atoms with Gasteiger partial charge >= 0.3 is 0 Å². The van der Waals surface area contributed by atoms with Gasteiger partial charge < -0.3 is 20.5 Å². The second-order valence-electron chi connectivity index (χ2n) is 3.91. The van der Waals surface area contributed by atoms with Gasteiger partial charge in [-0.2, -0.15) is 0 Å². The van der Waals surface area contributed by atoms with Crippen molar-refractivity contribution in [3.63, 3.8) is 0 Å². The summed E-state index contributed by atoms with van der Waals surface area (Å²) < 4.78 is 5.13. The quantitative estimate of drug-likeness (QED) is 0.706. The molecule has 2 rings (SSSR count). The molecule has 1 aliphatic heterocycles. The van der Waals surface area contributed by atoms with Crippen LogP contribution in [0.15, 0.2) is 18.2 Å². The number of ether oxygens (including phenoxy) is 1. The van der Waals surface area contributed by atoms with Gasteiger partial charge in [-0.1, -0.05) is 0 Å². The molecule has 3 N–H and O–H groups in total. The number of nitrogens with zero attached hydrogens (tertiary/aromatic N) is 1. The van der Waals surface area contributed by atoms with E-state index in [1.54, 1.807) is 7.11 Å². The normalized spacial score (nSPS) is 24.9. The lowest BCUT2D eigenvalue weighted by atomic mass is 9.95. The number of hydrogen-bond donors (Lipinski definition) is 2. The van der Waals surface area contributed by atoms with Crippen LogP contribution in [0.4, 0.5) is 5.69 Å². The van der Waals surface area contributed by atoms with Crippen molar-refractivity contribution in [2.24, 2.45) is 5.73 Å². The minimum Gasteiger partial charge on any atom is -0.497 e. The van der Waals surface area contributed by atoms with E-state index in [0.29, 0.717) is 6.54 Å². The Kier molecular flexibility index (Phi) is 2.54. The lowest BCUT2D eigenvalue weighted by Crippen LogP contribution is -2.44. The summed E-state index contributed by atoms with van der Waals surface area (Å²) in [6.07, 6.45) is -0.605. The first kappa shape index (κ1) is 10.3. The zero-order valence-electron chi connectivity index (χ0n) is 8.97. The lowest BCUT2D eigenvalue weighted by Gasteiger charge is -2.35. The molecule has 0 bridgehead atoms. The molecule has 0 unspecified atom stereocenters. The molecule has 0 saturated heterocycles. The number of nitrogens with two attached hydrogens (primary N) is 1. The number of hydrogen-bond acceptors (Lipinski definition) is 4. The molecule has 1 aromatic carbocycles. The fraction of sp³-hybridized carbons (Fsp3) is 0.455. The van der Waals surface area contributed by atoms with Crippen LogP contribution in [0.5, 0.6) is 5.75 Å². The maximum Gasteiger partial charge on any atom is 0.119 e. The predicted octanol–water partition coefficient (Wildman–Crippen LogP) is 0.506. The van der Waals surface area contributed by atoms with Crippen molar-refractivity contribution in [2.45, 2.75) is 12.1 Å². The van der Waals surface area contributed by atoms with Crippen molar-refractivity contribution in [1.29, 1.82) is 0 Å². The number of fused-ring (bicyclic) bond motifs is 1. The standard InChI is InChI=1S/C11H16N2O2/c1-13-6-9(12)11(14)8-5-7(15-2)3-4-10(8)13/h3-5,9,11,14H,6,12H2,1-2H3/t9-,11-/m1/s1. The smallest absolute Gasteiger partial charge is 0.119 e. The van der Waals surface area contributed by atoms with Crippen molar-refractivity contribution >= 4 is 5.69 Å². The van der Waals surface area contributed by atoms with Crippen molar-refractivity contribution in [2.75, 3.05) is 25.6 Å². The average Bonchev–Trinajstić information content (AvgIpc) is 2.25. The number of anilines is 1. The van der Waals surface area contributed by atoms with Crippen molar-refractivity contribution in [1.82, 2.24) is 0 Å². The third-order valence-electron chi connectivity index (χ3n) is 2.85. The van der Waals surface area contributed by atoms with Gasteiger partial charge in [0.25, 0.3) is 0 Å². The summed E-state index contributed by atoms with van der Waals surface area (Å²) >= 11 is 0. The minimum absolute atomic E-state index is 0.241. The van der Waals surface area contributed by atoms with Crippen LogP contribution in [0.25, 0.3) is 0 Å². The van der Waals surface area contributed by atoms with Crippen LogP contribution in [-0.2, 0) is 0 Å². The molecule has 0 aromatic heterocycles. The molecular weight excluding hydrogens is 192 g/mol. The molecule has 2 atom stereocenters. The van der Waals surface area contributed by atoms with Crippen molar-refractivity contribution in [3.05, 3.63) is 23.8 Å². The van der Waals surface area contributed by atoms with Gasteiger partial charge in [0.2, 0.25) is 0 Å². The summed E-state index contributed by atoms with van der Waals surface area (Å²) in [6, 6.07) is 5.44. The Bertz CT molecular complexity index is 368. The van der Waals surface area contributed by atoms with Crippen LogP contribution in [0.3, 0.4) is 0 Å². The Balaban J connectivity index is 2.47. The monoisotopic (exact) mass is 208 g/mol. The first-order valence-corrected chi connectivity index (χ1v) is 4.96. The van der Waals surface area contributed by atoms with Gasteiger partial charge in [-0.15, -0.1) is 0 Å². The SMILES string of the molecule is COc1ccc2c(c1)[C@@H](O)[C@H](N)CN2C. The molecule has 4 nitrogen and oxygen atoms in total. The molecule has 0 saturated carbocycles. The molecule has 0 radical (unpaired) electrons. The van der Waals surface area contributed by atoms with Gasteiger partial charge in [0.15, 0.2) is 0 Å². The molecule has 0 fully saturated rings. The van der Waals surface area contributed by atoms with E-state index in [9.17, 15) is 5.11 Å². The van der Waals surface area contributed by atoms with Gasteiger partial charge in [0, 0.05) is 24.8 Å². The van der Waals surface area contributed by atoms with Crippen LogP contribution < -0.4 is 15.4 Å². The van der Waals surface area contributed by atoms with Crippen LogP contribution in [0, 0.1) is 0 Å². The van der Waals surface area contributed by atoms with E-state index in [0.717, 1.165) is 17.0 Å². The summed E-state index contributed by atoms with van der Waals surface area (Å²) in [6.45, 7) is 0.667. The Hall–Kier alpha value is -1.26. The maximum absolute atomic E-state index is 9.96. The summed E-state index contributed by atoms with van der Waals surface area (Å²) in [5, 5.41) is 9.96. The van der Waals surface area contributed by atoms with Crippen LogP contribution in [-0.4, -0.2) is 31.9 Å². The molecule has 1 aliphatic rings. The number of aliphatic hydroxyl groups is 1. The Labute approximate surface area is 89.3 Å². The van der Waals surface area contributed by atoms with E-state index in [1.165, 1.54) is 0 Å². The summed E-state index contributed by atoms with van der Waals surface area (Å²) in [5.74, 6) is 0.746. The maximum atomic E-state index is 9.96.